The number of rotatable bonds is 4. The van der Waals surface area contributed by atoms with E-state index in [1.54, 1.807) is 0 Å². The van der Waals surface area contributed by atoms with Crippen molar-refractivity contribution in [3.05, 3.63) is 0 Å². The monoisotopic (exact) mass is 116 g/mol. The van der Waals surface area contributed by atoms with Crippen molar-refractivity contribution < 1.29 is 5.21 Å². The van der Waals surface area contributed by atoms with Crippen LogP contribution in [0.2, 0.25) is 0 Å². The van der Waals surface area contributed by atoms with Gasteiger partial charge in [0.05, 0.1) is 6.04 Å². The molecule has 0 bridgehead atoms. The van der Waals surface area contributed by atoms with Gasteiger partial charge < -0.3 is 0 Å². The minimum atomic E-state index is 0.134. The summed E-state index contributed by atoms with van der Waals surface area (Å²) in [6.07, 6.45) is 3.35. The summed E-state index contributed by atoms with van der Waals surface area (Å²) >= 11 is 0. The van der Waals surface area contributed by atoms with Crippen molar-refractivity contribution in [3.8, 4) is 0 Å². The molecule has 0 aliphatic rings. The molecule has 0 aromatic heterocycles. The van der Waals surface area contributed by atoms with E-state index >= 15 is 0 Å². The summed E-state index contributed by atoms with van der Waals surface area (Å²) in [5.41, 5.74) is 3.13. The van der Waals surface area contributed by atoms with Crippen LogP contribution in [0.15, 0.2) is 0 Å². The van der Waals surface area contributed by atoms with E-state index in [9.17, 15) is 0 Å². The predicted octanol–water partition coefficient (Wildman–Crippen LogP) is 1.56. The van der Waals surface area contributed by atoms with Crippen LogP contribution in [0.3, 0.4) is 0 Å². The van der Waals surface area contributed by atoms with Crippen molar-refractivity contribution in [2.24, 2.45) is 0 Å². The lowest BCUT2D eigenvalue weighted by Gasteiger charge is -2.02. The Morgan fingerprint density at radius 3 is 2.62 bits per heavy atom. The van der Waals surface area contributed by atoms with Crippen LogP contribution in [0.4, 0.5) is 0 Å². The Balaban J connectivity index is 2.86. The summed E-state index contributed by atoms with van der Waals surface area (Å²) in [7, 11) is 0. The second-order valence-corrected chi connectivity index (χ2v) is 2.11. The van der Waals surface area contributed by atoms with Crippen molar-refractivity contribution in [3.63, 3.8) is 0 Å². The highest BCUT2D eigenvalue weighted by molar-refractivity contribution is 4.51. The maximum atomic E-state index is 8.19. The lowest BCUT2D eigenvalue weighted by Crippen LogP contribution is -2.13. The Labute approximate surface area is 50.9 Å². The van der Waals surface area contributed by atoms with Gasteiger partial charge in [0.2, 0.25) is 0 Å². The van der Waals surface area contributed by atoms with Gasteiger partial charge in [-0.25, -0.2) is 0 Å². The van der Waals surface area contributed by atoms with E-state index in [0.29, 0.717) is 0 Å². The first-order valence-corrected chi connectivity index (χ1v) is 3.15. The third-order valence-corrected chi connectivity index (χ3v) is 1.17. The Morgan fingerprint density at radius 2 is 2.25 bits per heavy atom. The van der Waals surface area contributed by atoms with E-state index < -0.39 is 0 Å². The average molecular weight is 116 g/mol. The van der Waals surface area contributed by atoms with E-state index in [2.05, 4.69) is 12.4 Å². The van der Waals surface area contributed by atoms with Gasteiger partial charge in [0, 0.05) is 0 Å². The summed E-state index contributed by atoms with van der Waals surface area (Å²) < 4.78 is 0. The molecule has 8 heavy (non-hydrogen) atoms. The number of nitrogens with zero attached hydrogens (tertiary/aromatic N) is 1. The first kappa shape index (κ1) is 7.92. The summed E-state index contributed by atoms with van der Waals surface area (Å²) in [4.78, 5) is 0. The molecule has 1 atom stereocenters. The Bertz CT molecular complexity index is 47.8. The van der Waals surface area contributed by atoms with Crippen LogP contribution in [0.5, 0.6) is 0 Å². The van der Waals surface area contributed by atoms with Crippen molar-refractivity contribution in [2.45, 2.75) is 39.2 Å². The number of hydrogen-bond acceptors (Lipinski definition) is 1. The fraction of sp³-hybridized carbons (Fsp3) is 1.00. The second kappa shape index (κ2) is 5.06. The van der Waals surface area contributed by atoms with Crippen molar-refractivity contribution in [2.75, 3.05) is 0 Å². The molecule has 2 nitrogen and oxygen atoms in total. The minimum absolute atomic E-state index is 0.134. The molecule has 1 N–H and O–H groups in total. The van der Waals surface area contributed by atoms with Crippen molar-refractivity contribution >= 4 is 0 Å². The molecule has 0 saturated heterocycles. The summed E-state index contributed by atoms with van der Waals surface area (Å²) in [5, 5.41) is 8.19. The standard InChI is InChI=1S/C6H14NO/c1-3-4-5-6(2)7-8/h6,8H,3-5H2,1-2H3. The molecule has 0 saturated carbocycles. The Morgan fingerprint density at radius 1 is 1.62 bits per heavy atom. The van der Waals surface area contributed by atoms with Crippen LogP contribution in [0.1, 0.15) is 33.1 Å². The number of hydroxylamine groups is 1. The fourth-order valence-corrected chi connectivity index (χ4v) is 0.557. The normalized spacial score (nSPS) is 13.9. The van der Waals surface area contributed by atoms with Crippen LogP contribution in [-0.2, 0) is 0 Å². The molecule has 0 heterocycles. The molecular formula is C6H14NO. The van der Waals surface area contributed by atoms with E-state index in [1.165, 1.54) is 6.42 Å². The van der Waals surface area contributed by atoms with Crippen LogP contribution in [0, 0.1) is 0 Å². The lowest BCUT2D eigenvalue weighted by molar-refractivity contribution is 0.117. The average Bonchev–Trinajstić information content (AvgIpc) is 1.83. The molecule has 0 fully saturated rings. The van der Waals surface area contributed by atoms with E-state index in [4.69, 9.17) is 5.21 Å². The zero-order chi connectivity index (χ0) is 6.41. The van der Waals surface area contributed by atoms with Crippen LogP contribution in [-0.4, -0.2) is 11.2 Å². The maximum absolute atomic E-state index is 8.19. The molecule has 1 radical (unpaired) electrons. The molecule has 0 aromatic carbocycles. The first-order chi connectivity index (χ1) is 3.81. The zero-order valence-corrected chi connectivity index (χ0v) is 5.59. The van der Waals surface area contributed by atoms with Crippen LogP contribution < -0.4 is 5.48 Å². The minimum Gasteiger partial charge on any atom is -0.297 e. The fourth-order valence-electron chi connectivity index (χ4n) is 0.557. The van der Waals surface area contributed by atoms with Crippen molar-refractivity contribution in [1.82, 2.24) is 5.48 Å². The van der Waals surface area contributed by atoms with Gasteiger partial charge in [0.25, 0.3) is 0 Å². The van der Waals surface area contributed by atoms with Gasteiger partial charge in [-0.2, -0.15) is 0 Å². The van der Waals surface area contributed by atoms with Crippen molar-refractivity contribution in [1.29, 1.82) is 0 Å². The van der Waals surface area contributed by atoms with Gasteiger partial charge in [-0.3, -0.25) is 5.21 Å². The van der Waals surface area contributed by atoms with Gasteiger partial charge in [0.15, 0.2) is 0 Å². The molecule has 1 unspecified atom stereocenters. The van der Waals surface area contributed by atoms with Crippen LogP contribution >= 0.6 is 0 Å². The van der Waals surface area contributed by atoms with Gasteiger partial charge in [-0.15, -0.1) is 0 Å². The second-order valence-electron chi connectivity index (χ2n) is 2.11. The number of unbranched alkanes of at least 4 members (excludes halogenated alkanes) is 1. The molecule has 0 aromatic rings. The molecule has 2 heteroatoms. The van der Waals surface area contributed by atoms with Gasteiger partial charge in [-0.05, 0) is 13.3 Å². The summed E-state index contributed by atoms with van der Waals surface area (Å²) in [6.45, 7) is 4.04. The van der Waals surface area contributed by atoms with Gasteiger partial charge in [0.1, 0.15) is 0 Å². The largest absolute Gasteiger partial charge is 0.297 e. The molecular weight excluding hydrogens is 102 g/mol. The Kier molecular flexibility index (Phi) is 5.01. The molecule has 0 spiro atoms. The van der Waals surface area contributed by atoms with E-state index in [-0.39, 0.29) is 6.04 Å². The van der Waals surface area contributed by atoms with E-state index in [0.717, 1.165) is 12.8 Å². The highest BCUT2D eigenvalue weighted by Crippen LogP contribution is 1.98. The topological polar surface area (TPSA) is 34.3 Å². The third-order valence-electron chi connectivity index (χ3n) is 1.17. The van der Waals surface area contributed by atoms with Gasteiger partial charge in [-0.1, -0.05) is 25.2 Å². The molecule has 0 amide bonds. The van der Waals surface area contributed by atoms with Gasteiger partial charge >= 0.3 is 0 Å². The first-order valence-electron chi connectivity index (χ1n) is 3.15. The van der Waals surface area contributed by atoms with E-state index in [1.807, 2.05) is 6.92 Å². The molecule has 0 aliphatic heterocycles. The predicted molar refractivity (Wildman–Crippen MR) is 32.9 cm³/mol. The Hall–Kier alpha value is -0.0800. The number of hydrogen-bond donors (Lipinski definition) is 1. The lowest BCUT2D eigenvalue weighted by atomic mass is 10.2. The van der Waals surface area contributed by atoms with Crippen LogP contribution in [0.25, 0.3) is 0 Å². The highest BCUT2D eigenvalue weighted by atomic mass is 16.5. The maximum Gasteiger partial charge on any atom is 0.0507 e. The quantitative estimate of drug-likeness (QED) is 0.556. The smallest absolute Gasteiger partial charge is 0.0507 e. The molecule has 0 rings (SSSR count). The summed E-state index contributed by atoms with van der Waals surface area (Å²) in [5.74, 6) is 0. The SMILES string of the molecule is CCCCC(C)[N]O. The third kappa shape index (κ3) is 4.09. The molecule has 49 valence electrons. The molecule has 0 aliphatic carbocycles. The summed E-state index contributed by atoms with van der Waals surface area (Å²) in [6, 6.07) is 0.134. The zero-order valence-electron chi connectivity index (χ0n) is 5.59. The highest BCUT2D eigenvalue weighted by Gasteiger charge is 1.97.